The third-order valence-corrected chi connectivity index (χ3v) is 12.3. The first-order valence-corrected chi connectivity index (χ1v) is 14.5. The standard InChI is InChI=1S/C23H34OS2Si/c1-23(2,3)27(4,5)24-19-13-12-18-22(25-20-14-8-6-9-15-20)26-21-16-10-7-11-17-21/h6-11,14-17,22H,12-13,18-19H2,1-5H3. The fraction of sp³-hybridized carbons (Fsp3) is 0.478. The zero-order valence-electron chi connectivity index (χ0n) is 17.4. The van der Waals surface area contributed by atoms with E-state index in [4.69, 9.17) is 4.43 Å². The molecule has 0 aliphatic rings. The maximum absolute atomic E-state index is 6.34. The molecule has 27 heavy (non-hydrogen) atoms. The van der Waals surface area contributed by atoms with Crippen molar-refractivity contribution < 1.29 is 4.43 Å². The summed E-state index contributed by atoms with van der Waals surface area (Å²) in [5.41, 5.74) is 0. The molecule has 0 fully saturated rings. The van der Waals surface area contributed by atoms with E-state index in [1.54, 1.807) is 0 Å². The van der Waals surface area contributed by atoms with Gasteiger partial charge in [-0.3, -0.25) is 0 Å². The molecule has 0 aromatic heterocycles. The van der Waals surface area contributed by atoms with Crippen LogP contribution in [0.5, 0.6) is 0 Å². The highest BCUT2D eigenvalue weighted by atomic mass is 32.2. The molecule has 0 aliphatic heterocycles. The molecular formula is C23H34OS2Si. The van der Waals surface area contributed by atoms with Gasteiger partial charge in [0.1, 0.15) is 0 Å². The summed E-state index contributed by atoms with van der Waals surface area (Å²) in [5.74, 6) is 0. The quantitative estimate of drug-likeness (QED) is 0.167. The Labute approximate surface area is 175 Å². The van der Waals surface area contributed by atoms with Crippen LogP contribution in [0.2, 0.25) is 18.1 Å². The topological polar surface area (TPSA) is 9.23 Å². The fourth-order valence-electron chi connectivity index (χ4n) is 2.40. The van der Waals surface area contributed by atoms with Gasteiger partial charge in [0.2, 0.25) is 0 Å². The van der Waals surface area contributed by atoms with Crippen LogP contribution in [0.4, 0.5) is 0 Å². The molecule has 0 saturated carbocycles. The molecule has 0 heterocycles. The zero-order valence-corrected chi connectivity index (χ0v) is 20.0. The highest BCUT2D eigenvalue weighted by Crippen LogP contribution is 2.39. The van der Waals surface area contributed by atoms with Gasteiger partial charge in [0.15, 0.2) is 8.32 Å². The summed E-state index contributed by atoms with van der Waals surface area (Å²) in [6, 6.07) is 21.5. The van der Waals surface area contributed by atoms with Crippen LogP contribution >= 0.6 is 23.5 Å². The van der Waals surface area contributed by atoms with Crippen molar-refractivity contribution in [3.63, 3.8) is 0 Å². The smallest absolute Gasteiger partial charge is 0.191 e. The highest BCUT2D eigenvalue weighted by Gasteiger charge is 2.36. The third-order valence-electron chi connectivity index (χ3n) is 5.12. The van der Waals surface area contributed by atoms with Gasteiger partial charge in [-0.25, -0.2) is 0 Å². The van der Waals surface area contributed by atoms with E-state index in [9.17, 15) is 0 Å². The number of unbranched alkanes of at least 4 members (excludes halogenated alkanes) is 1. The van der Waals surface area contributed by atoms with Crippen molar-refractivity contribution in [3.8, 4) is 0 Å². The monoisotopic (exact) mass is 418 g/mol. The van der Waals surface area contributed by atoms with Crippen LogP contribution < -0.4 is 0 Å². The molecule has 0 spiro atoms. The van der Waals surface area contributed by atoms with Gasteiger partial charge >= 0.3 is 0 Å². The minimum Gasteiger partial charge on any atom is -0.417 e. The Morgan fingerprint density at radius 3 is 1.74 bits per heavy atom. The summed E-state index contributed by atoms with van der Waals surface area (Å²) < 4.78 is 6.87. The van der Waals surface area contributed by atoms with Gasteiger partial charge in [-0.05, 0) is 61.7 Å². The van der Waals surface area contributed by atoms with Crippen LogP contribution in [0.1, 0.15) is 40.0 Å². The second-order valence-corrected chi connectivity index (χ2v) is 16.1. The summed E-state index contributed by atoms with van der Waals surface area (Å²) in [6.07, 6.45) is 3.55. The number of thioether (sulfide) groups is 2. The van der Waals surface area contributed by atoms with Gasteiger partial charge in [0.05, 0.1) is 4.58 Å². The molecule has 0 N–H and O–H groups in total. The van der Waals surface area contributed by atoms with Crippen LogP contribution in [0, 0.1) is 0 Å². The minimum atomic E-state index is -1.61. The van der Waals surface area contributed by atoms with E-state index in [1.165, 1.54) is 22.6 Å². The molecule has 2 aromatic rings. The van der Waals surface area contributed by atoms with Gasteiger partial charge < -0.3 is 4.43 Å². The first-order chi connectivity index (χ1) is 12.8. The second-order valence-electron chi connectivity index (χ2n) is 8.40. The predicted octanol–water partition coefficient (Wildman–Crippen LogP) is 8.09. The summed E-state index contributed by atoms with van der Waals surface area (Å²) >= 11 is 3.96. The number of hydrogen-bond acceptors (Lipinski definition) is 3. The molecule has 0 bridgehead atoms. The van der Waals surface area contributed by atoms with E-state index in [-0.39, 0.29) is 0 Å². The summed E-state index contributed by atoms with van der Waals surface area (Å²) in [5, 5.41) is 0.294. The van der Waals surface area contributed by atoms with Gasteiger partial charge in [-0.1, -0.05) is 57.2 Å². The SMILES string of the molecule is CC(C)(C)[Si](C)(C)OCCCCC(Sc1ccccc1)Sc1ccccc1. The first-order valence-electron chi connectivity index (χ1n) is 9.85. The lowest BCUT2D eigenvalue weighted by atomic mass is 10.2. The van der Waals surface area contributed by atoms with Crippen molar-refractivity contribution in [1.82, 2.24) is 0 Å². The van der Waals surface area contributed by atoms with Gasteiger partial charge in [0, 0.05) is 16.4 Å². The Bertz CT molecular complexity index is 612. The molecule has 0 saturated heterocycles. The Morgan fingerprint density at radius 2 is 1.30 bits per heavy atom. The van der Waals surface area contributed by atoms with E-state index >= 15 is 0 Å². The van der Waals surface area contributed by atoms with E-state index < -0.39 is 8.32 Å². The molecule has 0 aliphatic carbocycles. The fourth-order valence-corrected chi connectivity index (χ4v) is 6.15. The highest BCUT2D eigenvalue weighted by molar-refractivity contribution is 8.17. The van der Waals surface area contributed by atoms with E-state index in [0.717, 1.165) is 13.0 Å². The molecule has 0 atom stereocenters. The van der Waals surface area contributed by atoms with E-state index in [0.29, 0.717) is 9.62 Å². The zero-order chi connectivity index (χ0) is 19.8. The molecule has 0 unspecified atom stereocenters. The molecule has 2 aromatic carbocycles. The Morgan fingerprint density at radius 1 is 0.815 bits per heavy atom. The van der Waals surface area contributed by atoms with Gasteiger partial charge in [-0.2, -0.15) is 0 Å². The summed E-state index contributed by atoms with van der Waals surface area (Å²) in [4.78, 5) is 2.70. The van der Waals surface area contributed by atoms with Gasteiger partial charge in [-0.15, -0.1) is 23.5 Å². The predicted molar refractivity (Wildman–Crippen MR) is 125 cm³/mol. The minimum absolute atomic E-state index is 0.294. The average molecular weight is 419 g/mol. The maximum Gasteiger partial charge on any atom is 0.191 e. The summed E-state index contributed by atoms with van der Waals surface area (Å²) in [6.45, 7) is 12.5. The van der Waals surface area contributed by atoms with Crippen molar-refractivity contribution in [2.75, 3.05) is 6.61 Å². The Balaban J connectivity index is 1.85. The molecule has 0 amide bonds. The lowest BCUT2D eigenvalue weighted by Gasteiger charge is -2.36. The number of rotatable bonds is 10. The van der Waals surface area contributed by atoms with Crippen LogP contribution in [-0.4, -0.2) is 19.5 Å². The Hall–Kier alpha value is -0.683. The van der Waals surface area contributed by atoms with Crippen LogP contribution in [0.25, 0.3) is 0 Å². The van der Waals surface area contributed by atoms with Crippen molar-refractivity contribution in [2.45, 2.75) is 72.5 Å². The van der Waals surface area contributed by atoms with E-state index in [1.807, 2.05) is 23.5 Å². The van der Waals surface area contributed by atoms with Crippen molar-refractivity contribution in [1.29, 1.82) is 0 Å². The van der Waals surface area contributed by atoms with Crippen molar-refractivity contribution in [2.24, 2.45) is 0 Å². The second kappa shape index (κ2) is 10.8. The molecule has 1 nitrogen and oxygen atoms in total. The third kappa shape index (κ3) is 8.06. The summed E-state index contributed by atoms with van der Waals surface area (Å²) in [7, 11) is -1.61. The van der Waals surface area contributed by atoms with Crippen LogP contribution in [-0.2, 0) is 4.43 Å². The van der Waals surface area contributed by atoms with Gasteiger partial charge in [0.25, 0.3) is 0 Å². The number of benzene rings is 2. The maximum atomic E-state index is 6.34. The normalized spacial score (nSPS) is 12.5. The first kappa shape index (κ1) is 22.6. The lowest BCUT2D eigenvalue weighted by Crippen LogP contribution is -2.40. The molecular weight excluding hydrogens is 384 g/mol. The van der Waals surface area contributed by atoms with Crippen LogP contribution in [0.15, 0.2) is 70.5 Å². The van der Waals surface area contributed by atoms with Crippen molar-refractivity contribution >= 4 is 31.8 Å². The average Bonchev–Trinajstić information content (AvgIpc) is 2.62. The molecule has 2 rings (SSSR count). The molecule has 148 valence electrons. The molecule has 4 heteroatoms. The largest absolute Gasteiger partial charge is 0.417 e. The Kier molecular flexibility index (Phi) is 9.00. The molecule has 0 radical (unpaired) electrons. The van der Waals surface area contributed by atoms with Crippen LogP contribution in [0.3, 0.4) is 0 Å². The van der Waals surface area contributed by atoms with E-state index in [2.05, 4.69) is 94.5 Å². The van der Waals surface area contributed by atoms with Crippen molar-refractivity contribution in [3.05, 3.63) is 60.7 Å². The lowest BCUT2D eigenvalue weighted by molar-refractivity contribution is 0.278. The number of hydrogen-bond donors (Lipinski definition) is 0.